The molecule has 0 aliphatic carbocycles. The number of hydrogen-bond acceptors (Lipinski definition) is 3. The molecule has 4 aromatic rings. The Morgan fingerprint density at radius 2 is 1.40 bits per heavy atom. The molecule has 0 N–H and O–H groups in total. The SMILES string of the molecule is [C-]#[N+]c1c(F)c[c-]c(-n2cc(C)c(CCc3nn(-c4[c-]cc(F)c(C#N)c4F)cc3C)n2)c1F.[Pt+2]. The van der Waals surface area contributed by atoms with Gasteiger partial charge in [-0.2, -0.15) is 33.7 Å². The van der Waals surface area contributed by atoms with Gasteiger partial charge >= 0.3 is 21.1 Å². The predicted molar refractivity (Wildman–Crippen MR) is 112 cm³/mol. The summed E-state index contributed by atoms with van der Waals surface area (Å²) in [6.07, 6.45) is 3.89. The minimum Gasteiger partial charge on any atom is -0.297 e. The maximum Gasteiger partial charge on any atom is 2.00 e. The van der Waals surface area contributed by atoms with Crippen molar-refractivity contribution in [2.24, 2.45) is 0 Å². The number of nitriles is 1. The second-order valence-corrected chi connectivity index (χ2v) is 7.45. The van der Waals surface area contributed by atoms with Crippen molar-refractivity contribution in [1.82, 2.24) is 19.6 Å². The van der Waals surface area contributed by atoms with E-state index in [-0.39, 0.29) is 32.4 Å². The van der Waals surface area contributed by atoms with Gasteiger partial charge in [-0.15, -0.1) is 6.07 Å². The van der Waals surface area contributed by atoms with E-state index in [1.807, 2.05) is 0 Å². The van der Waals surface area contributed by atoms with Crippen LogP contribution in [0, 0.1) is 67.2 Å². The van der Waals surface area contributed by atoms with E-state index in [9.17, 15) is 17.6 Å². The molecule has 0 bridgehead atoms. The maximum atomic E-state index is 14.5. The van der Waals surface area contributed by atoms with Crippen LogP contribution in [0.3, 0.4) is 0 Å². The van der Waals surface area contributed by atoms with Gasteiger partial charge in [0, 0.05) is 35.4 Å². The Kier molecular flexibility index (Phi) is 7.57. The number of rotatable bonds is 5. The monoisotopic (exact) mass is 657 g/mol. The van der Waals surface area contributed by atoms with Crippen molar-refractivity contribution in [1.29, 1.82) is 5.26 Å². The third kappa shape index (κ3) is 4.75. The third-order valence-corrected chi connectivity index (χ3v) is 5.26. The minimum absolute atomic E-state index is 0. The number of aryl methyl sites for hydroxylation is 4. The molecule has 0 radical (unpaired) electrons. The summed E-state index contributed by atoms with van der Waals surface area (Å²) in [7, 11) is 0. The van der Waals surface area contributed by atoms with Crippen molar-refractivity contribution in [2.45, 2.75) is 26.7 Å². The fourth-order valence-corrected chi connectivity index (χ4v) is 3.46. The van der Waals surface area contributed by atoms with Crippen LogP contribution in [-0.4, -0.2) is 19.6 Å². The molecule has 0 saturated carbocycles. The molecule has 4 rings (SSSR count). The van der Waals surface area contributed by atoms with E-state index in [0.717, 1.165) is 23.3 Å². The van der Waals surface area contributed by atoms with Gasteiger partial charge in [0.1, 0.15) is 0 Å². The van der Waals surface area contributed by atoms with Gasteiger partial charge < -0.3 is 0 Å². The van der Waals surface area contributed by atoms with Crippen LogP contribution in [0.25, 0.3) is 16.2 Å². The molecule has 0 aliphatic heterocycles. The van der Waals surface area contributed by atoms with Crippen LogP contribution < -0.4 is 0 Å². The van der Waals surface area contributed by atoms with Crippen molar-refractivity contribution in [3.63, 3.8) is 0 Å². The Hall–Kier alpha value is -3.75. The molecule has 2 heterocycles. The number of halogens is 4. The van der Waals surface area contributed by atoms with E-state index in [2.05, 4.69) is 27.2 Å². The topological polar surface area (TPSA) is 63.8 Å². The summed E-state index contributed by atoms with van der Waals surface area (Å²) in [4.78, 5) is 2.88. The summed E-state index contributed by atoms with van der Waals surface area (Å²) < 4.78 is 58.6. The van der Waals surface area contributed by atoms with Crippen LogP contribution in [0.15, 0.2) is 24.5 Å². The van der Waals surface area contributed by atoms with Crippen molar-refractivity contribution in [2.75, 3.05) is 0 Å². The fourth-order valence-electron chi connectivity index (χ4n) is 3.46. The van der Waals surface area contributed by atoms with E-state index < -0.39 is 34.5 Å². The van der Waals surface area contributed by atoms with Gasteiger partial charge in [0.2, 0.25) is 0 Å². The van der Waals surface area contributed by atoms with Crippen LogP contribution in [0.4, 0.5) is 23.2 Å². The molecule has 2 aromatic carbocycles. The zero-order chi connectivity index (χ0) is 24.6. The van der Waals surface area contributed by atoms with Gasteiger partial charge in [0.05, 0.1) is 29.8 Å². The molecular weight excluding hydrogens is 643 g/mol. The van der Waals surface area contributed by atoms with Crippen molar-refractivity contribution in [3.05, 3.63) is 99.4 Å². The van der Waals surface area contributed by atoms with Crippen molar-refractivity contribution in [3.8, 4) is 17.4 Å². The van der Waals surface area contributed by atoms with Crippen LogP contribution >= 0.6 is 0 Å². The normalized spacial score (nSPS) is 10.5. The Labute approximate surface area is 212 Å². The largest absolute Gasteiger partial charge is 2.00 e. The van der Waals surface area contributed by atoms with Gasteiger partial charge in [0.25, 0.3) is 0 Å². The molecule has 178 valence electrons. The molecule has 0 saturated heterocycles. The molecule has 11 heteroatoms. The number of hydrogen-bond donors (Lipinski definition) is 0. The molecule has 0 spiro atoms. The molecule has 0 atom stereocenters. The van der Waals surface area contributed by atoms with E-state index in [4.69, 9.17) is 11.8 Å². The predicted octanol–water partition coefficient (Wildman–Crippen LogP) is 5.04. The van der Waals surface area contributed by atoms with E-state index >= 15 is 0 Å². The fraction of sp³-hybridized carbons (Fsp3) is 0.167. The quantitative estimate of drug-likeness (QED) is 0.224. The van der Waals surface area contributed by atoms with Crippen molar-refractivity contribution >= 4 is 5.69 Å². The smallest absolute Gasteiger partial charge is 0.297 e. The molecule has 2 aromatic heterocycles. The molecule has 6 nitrogen and oxygen atoms in total. The summed E-state index contributed by atoms with van der Waals surface area (Å²) in [5, 5.41) is 17.7. The first kappa shape index (κ1) is 25.9. The Morgan fingerprint density at radius 1 is 0.914 bits per heavy atom. The van der Waals surface area contributed by atoms with Gasteiger partial charge in [-0.3, -0.25) is 31.8 Å². The van der Waals surface area contributed by atoms with Crippen LogP contribution in [0.1, 0.15) is 28.1 Å². The van der Waals surface area contributed by atoms with Crippen molar-refractivity contribution < 1.29 is 38.6 Å². The van der Waals surface area contributed by atoms with Gasteiger partial charge in [-0.25, -0.2) is 0 Å². The maximum absolute atomic E-state index is 14.5. The third-order valence-electron chi connectivity index (χ3n) is 5.26. The van der Waals surface area contributed by atoms with Crippen LogP contribution in [0.2, 0.25) is 0 Å². The Bertz CT molecular complexity index is 1400. The molecule has 0 fully saturated rings. The minimum atomic E-state index is -1.05. The zero-order valence-corrected chi connectivity index (χ0v) is 20.5. The molecular formula is C24H14F4N6Pt. The second kappa shape index (κ2) is 10.2. The molecule has 35 heavy (non-hydrogen) atoms. The number of benzene rings is 2. The van der Waals surface area contributed by atoms with E-state index in [1.54, 1.807) is 26.2 Å². The average molecular weight is 657 g/mol. The van der Waals surface area contributed by atoms with E-state index in [0.29, 0.717) is 24.2 Å². The molecule has 0 aliphatic rings. The second-order valence-electron chi connectivity index (χ2n) is 7.45. The first-order chi connectivity index (χ1) is 16.2. The van der Waals surface area contributed by atoms with E-state index in [1.165, 1.54) is 15.4 Å². The average Bonchev–Trinajstić information content (AvgIpc) is 3.35. The Balaban J connectivity index is 0.00000342. The summed E-state index contributed by atoms with van der Waals surface area (Å²) in [6, 6.07) is 8.18. The first-order valence-electron chi connectivity index (χ1n) is 9.93. The van der Waals surface area contributed by atoms with Crippen LogP contribution in [-0.2, 0) is 33.9 Å². The summed E-state index contributed by atoms with van der Waals surface area (Å²) in [5.74, 6) is -4.10. The summed E-state index contributed by atoms with van der Waals surface area (Å²) in [6.45, 7) is 10.5. The first-order valence-corrected chi connectivity index (χ1v) is 9.93. The molecule has 0 amide bonds. The Morgan fingerprint density at radius 3 is 1.89 bits per heavy atom. The summed E-state index contributed by atoms with van der Waals surface area (Å²) in [5.41, 5.74) is 0.900. The summed E-state index contributed by atoms with van der Waals surface area (Å²) >= 11 is 0. The number of aromatic nitrogens is 4. The zero-order valence-electron chi connectivity index (χ0n) is 18.2. The molecule has 0 unspecified atom stereocenters. The standard InChI is InChI=1S/C24H14F4N6.Pt/c1-13-11-33(20-8-4-16(25)15(10-29)22(20)27)31-18(13)6-7-19-14(2)12-34(32-19)21-9-5-17(26)24(30-3)23(21)28;/h4-5,11-12H,6-7H2,1-2H3;/q-2;+2. The van der Waals surface area contributed by atoms with Crippen LogP contribution in [0.5, 0.6) is 0 Å². The van der Waals surface area contributed by atoms with Gasteiger partial charge in [0.15, 0.2) is 5.69 Å². The van der Waals surface area contributed by atoms with Gasteiger partial charge in [-0.1, -0.05) is 0 Å². The number of nitrogens with zero attached hydrogens (tertiary/aromatic N) is 6. The van der Waals surface area contributed by atoms with Gasteiger partial charge in [-0.05, 0) is 49.2 Å².